The number of carbonyl (C=O) groups excluding carboxylic acids is 1. The summed E-state index contributed by atoms with van der Waals surface area (Å²) in [7, 11) is 0. The van der Waals surface area contributed by atoms with E-state index in [9.17, 15) is 9.59 Å². The van der Waals surface area contributed by atoms with Gasteiger partial charge in [-0.2, -0.15) is 0 Å². The summed E-state index contributed by atoms with van der Waals surface area (Å²) in [6.07, 6.45) is 8.69. The van der Waals surface area contributed by atoms with E-state index in [0.717, 1.165) is 32.4 Å². The molecule has 24 heavy (non-hydrogen) atoms. The Kier molecular flexibility index (Phi) is 5.66. The molecule has 132 valence electrons. The lowest BCUT2D eigenvalue weighted by molar-refractivity contribution is -0.134. The lowest BCUT2D eigenvalue weighted by atomic mass is 9.98. The number of hydrogen-bond acceptors (Lipinski definition) is 4. The molecule has 2 fully saturated rings. The number of aromatic nitrogens is 2. The lowest BCUT2D eigenvalue weighted by Crippen LogP contribution is -2.46. The molecular formula is C18H28N4O2. The maximum Gasteiger partial charge on any atom is 0.254 e. The van der Waals surface area contributed by atoms with Crippen molar-refractivity contribution in [2.45, 2.75) is 57.9 Å². The van der Waals surface area contributed by atoms with Gasteiger partial charge in [-0.05, 0) is 58.5 Å². The standard InChI is InChI=1S/C18H28N4O2/c1-14-19-13-15(18(24)20-14)12-17(23)22-10-3-2-6-16(22)7-11-21-8-4-5-9-21/h13,16H,2-12H2,1H3,(H,19,20,24). The van der Waals surface area contributed by atoms with Crippen molar-refractivity contribution >= 4 is 5.91 Å². The molecule has 6 heteroatoms. The topological polar surface area (TPSA) is 69.3 Å². The molecule has 2 aliphatic rings. The van der Waals surface area contributed by atoms with Crippen LogP contribution in [-0.2, 0) is 11.2 Å². The van der Waals surface area contributed by atoms with E-state index in [-0.39, 0.29) is 17.9 Å². The van der Waals surface area contributed by atoms with Crippen molar-refractivity contribution in [3.63, 3.8) is 0 Å². The number of aryl methyl sites for hydroxylation is 1. The Morgan fingerprint density at radius 1 is 1.25 bits per heavy atom. The number of H-pyrrole nitrogens is 1. The molecule has 0 radical (unpaired) electrons. The van der Waals surface area contributed by atoms with Gasteiger partial charge in [0.2, 0.25) is 5.91 Å². The van der Waals surface area contributed by atoms with Crippen LogP contribution in [0.4, 0.5) is 0 Å². The number of nitrogens with zero attached hydrogens (tertiary/aromatic N) is 3. The van der Waals surface area contributed by atoms with Gasteiger partial charge in [-0.15, -0.1) is 0 Å². The summed E-state index contributed by atoms with van der Waals surface area (Å²) in [5.74, 6) is 0.648. The molecule has 3 rings (SSSR count). The molecule has 0 aliphatic carbocycles. The number of rotatable bonds is 5. The minimum Gasteiger partial charge on any atom is -0.339 e. The summed E-state index contributed by atoms with van der Waals surface area (Å²) in [4.78, 5) is 36.0. The molecule has 1 amide bonds. The van der Waals surface area contributed by atoms with E-state index in [1.165, 1.54) is 38.5 Å². The normalized spacial score (nSPS) is 22.0. The van der Waals surface area contributed by atoms with Gasteiger partial charge in [-0.3, -0.25) is 9.59 Å². The lowest BCUT2D eigenvalue weighted by Gasteiger charge is -2.36. The first-order chi connectivity index (χ1) is 11.6. The number of piperidine rings is 1. The molecule has 0 saturated carbocycles. The molecule has 0 spiro atoms. The van der Waals surface area contributed by atoms with E-state index in [0.29, 0.717) is 17.4 Å². The van der Waals surface area contributed by atoms with E-state index < -0.39 is 0 Å². The zero-order valence-electron chi connectivity index (χ0n) is 14.6. The summed E-state index contributed by atoms with van der Waals surface area (Å²) >= 11 is 0. The number of aromatic amines is 1. The van der Waals surface area contributed by atoms with E-state index in [2.05, 4.69) is 14.9 Å². The highest BCUT2D eigenvalue weighted by atomic mass is 16.2. The van der Waals surface area contributed by atoms with Crippen LogP contribution in [-0.4, -0.2) is 57.9 Å². The number of amides is 1. The second kappa shape index (κ2) is 7.92. The molecule has 1 aromatic rings. The van der Waals surface area contributed by atoms with E-state index in [1.54, 1.807) is 6.92 Å². The Bertz CT molecular complexity index is 622. The van der Waals surface area contributed by atoms with Crippen LogP contribution in [0.1, 0.15) is 49.9 Å². The van der Waals surface area contributed by atoms with Gasteiger partial charge >= 0.3 is 0 Å². The average Bonchev–Trinajstić information content (AvgIpc) is 3.09. The summed E-state index contributed by atoms with van der Waals surface area (Å²) in [6, 6.07) is 0.323. The maximum atomic E-state index is 12.7. The molecule has 1 unspecified atom stereocenters. The van der Waals surface area contributed by atoms with Crippen molar-refractivity contribution in [3.05, 3.63) is 27.9 Å². The van der Waals surface area contributed by atoms with E-state index in [1.807, 2.05) is 4.90 Å². The fraction of sp³-hybridized carbons (Fsp3) is 0.722. The van der Waals surface area contributed by atoms with Gasteiger partial charge in [0.05, 0.1) is 6.42 Å². The van der Waals surface area contributed by atoms with Gasteiger partial charge in [-0.25, -0.2) is 4.98 Å². The van der Waals surface area contributed by atoms with Gasteiger partial charge in [0, 0.05) is 30.9 Å². The van der Waals surface area contributed by atoms with Gasteiger partial charge < -0.3 is 14.8 Å². The van der Waals surface area contributed by atoms with Crippen molar-refractivity contribution in [2.24, 2.45) is 0 Å². The molecular weight excluding hydrogens is 304 g/mol. The fourth-order valence-corrected chi connectivity index (χ4v) is 3.87. The Morgan fingerprint density at radius 2 is 2.00 bits per heavy atom. The first-order valence-electron chi connectivity index (χ1n) is 9.20. The highest BCUT2D eigenvalue weighted by Gasteiger charge is 2.27. The largest absolute Gasteiger partial charge is 0.339 e. The molecule has 1 N–H and O–H groups in total. The fourth-order valence-electron chi connectivity index (χ4n) is 3.87. The predicted octanol–water partition coefficient (Wildman–Crippen LogP) is 1.49. The monoisotopic (exact) mass is 332 g/mol. The maximum absolute atomic E-state index is 12.7. The van der Waals surface area contributed by atoms with Crippen LogP contribution < -0.4 is 5.56 Å². The first kappa shape index (κ1) is 17.1. The number of carbonyl (C=O) groups is 1. The highest BCUT2D eigenvalue weighted by Crippen LogP contribution is 2.21. The third-order valence-electron chi connectivity index (χ3n) is 5.27. The summed E-state index contributed by atoms with van der Waals surface area (Å²) < 4.78 is 0. The third-order valence-corrected chi connectivity index (χ3v) is 5.27. The van der Waals surface area contributed by atoms with Crippen LogP contribution in [0.3, 0.4) is 0 Å². The smallest absolute Gasteiger partial charge is 0.254 e. The molecule has 1 aromatic heterocycles. The summed E-state index contributed by atoms with van der Waals surface area (Å²) in [5.41, 5.74) is 0.274. The number of hydrogen-bond donors (Lipinski definition) is 1. The second-order valence-electron chi connectivity index (χ2n) is 7.07. The van der Waals surface area contributed by atoms with Crippen molar-refractivity contribution in [3.8, 4) is 0 Å². The van der Waals surface area contributed by atoms with E-state index >= 15 is 0 Å². The van der Waals surface area contributed by atoms with Gasteiger partial charge in [-0.1, -0.05) is 0 Å². The number of likely N-dealkylation sites (tertiary alicyclic amines) is 2. The Hall–Kier alpha value is -1.69. The minimum atomic E-state index is -0.193. The molecule has 3 heterocycles. The zero-order valence-corrected chi connectivity index (χ0v) is 14.6. The summed E-state index contributed by atoms with van der Waals surface area (Å²) in [5, 5.41) is 0. The highest BCUT2D eigenvalue weighted by molar-refractivity contribution is 5.79. The number of nitrogens with one attached hydrogen (secondary N) is 1. The van der Waals surface area contributed by atoms with Crippen LogP contribution >= 0.6 is 0 Å². The molecule has 2 aliphatic heterocycles. The molecule has 1 atom stereocenters. The second-order valence-corrected chi connectivity index (χ2v) is 7.07. The Morgan fingerprint density at radius 3 is 2.75 bits per heavy atom. The van der Waals surface area contributed by atoms with Crippen LogP contribution in [0.5, 0.6) is 0 Å². The quantitative estimate of drug-likeness (QED) is 0.887. The van der Waals surface area contributed by atoms with Gasteiger partial charge in [0.25, 0.3) is 5.56 Å². The average molecular weight is 332 g/mol. The SMILES string of the molecule is Cc1ncc(CC(=O)N2CCCCC2CCN2CCCC2)c(=O)[nH]1. The third kappa shape index (κ3) is 4.23. The zero-order chi connectivity index (χ0) is 16.9. The van der Waals surface area contributed by atoms with Crippen LogP contribution in [0.2, 0.25) is 0 Å². The van der Waals surface area contributed by atoms with Crippen LogP contribution in [0.15, 0.2) is 11.0 Å². The van der Waals surface area contributed by atoms with Crippen molar-refractivity contribution in [1.29, 1.82) is 0 Å². The predicted molar refractivity (Wildman–Crippen MR) is 92.9 cm³/mol. The van der Waals surface area contributed by atoms with Crippen LogP contribution in [0.25, 0.3) is 0 Å². The Labute approximate surface area is 143 Å². The van der Waals surface area contributed by atoms with Gasteiger partial charge in [0.15, 0.2) is 0 Å². The summed E-state index contributed by atoms with van der Waals surface area (Å²) in [6.45, 7) is 6.05. The first-order valence-corrected chi connectivity index (χ1v) is 9.20. The van der Waals surface area contributed by atoms with Gasteiger partial charge in [0.1, 0.15) is 5.82 Å². The van der Waals surface area contributed by atoms with Crippen molar-refractivity contribution < 1.29 is 4.79 Å². The van der Waals surface area contributed by atoms with Crippen molar-refractivity contribution in [1.82, 2.24) is 19.8 Å². The molecule has 2 saturated heterocycles. The van der Waals surface area contributed by atoms with E-state index in [4.69, 9.17) is 0 Å². The molecule has 0 aromatic carbocycles. The minimum absolute atomic E-state index is 0.0669. The Balaban J connectivity index is 1.60. The molecule has 6 nitrogen and oxygen atoms in total. The van der Waals surface area contributed by atoms with Crippen LogP contribution in [0, 0.1) is 6.92 Å². The molecule has 0 bridgehead atoms. The van der Waals surface area contributed by atoms with Crippen molar-refractivity contribution in [2.75, 3.05) is 26.2 Å².